The number of methoxy groups -OCH3 is 1. The van der Waals surface area contributed by atoms with E-state index in [4.69, 9.17) is 4.74 Å². The summed E-state index contributed by atoms with van der Waals surface area (Å²) in [6.45, 7) is 0. The number of hydrogen-bond acceptors (Lipinski definition) is 4. The molecule has 2 aliphatic rings. The largest absolute Gasteiger partial charge is 0.497 e. The fraction of sp³-hybridized carbons (Fsp3) is 0.167. The number of hydrogen-bond donors (Lipinski definition) is 2. The van der Waals surface area contributed by atoms with Gasteiger partial charge in [-0.2, -0.15) is 0 Å². The third-order valence-electron chi connectivity index (χ3n) is 6.98. The highest BCUT2D eigenvalue weighted by Crippen LogP contribution is 2.44. The van der Waals surface area contributed by atoms with Gasteiger partial charge in [0.2, 0.25) is 0 Å². The van der Waals surface area contributed by atoms with Crippen molar-refractivity contribution in [1.82, 2.24) is 0 Å². The Kier molecular flexibility index (Phi) is 5.06. The number of para-hydroxylation sites is 2. The van der Waals surface area contributed by atoms with Crippen LogP contribution in [-0.2, 0) is 4.79 Å². The van der Waals surface area contributed by atoms with Gasteiger partial charge < -0.3 is 15.4 Å². The minimum atomic E-state index is -0.213. The van der Waals surface area contributed by atoms with E-state index < -0.39 is 0 Å². The molecule has 168 valence electrons. The van der Waals surface area contributed by atoms with Crippen LogP contribution in [0.3, 0.4) is 0 Å². The molecule has 0 aromatic heterocycles. The summed E-state index contributed by atoms with van der Waals surface area (Å²) in [6.07, 6.45) is 1.25. The van der Waals surface area contributed by atoms with Crippen LogP contribution in [0.4, 0.5) is 11.4 Å². The standard InChI is InChI=1S/C30H26N2O2/c1-34-24-10-6-9-21(16-24)23-17-27-29(28(33)18-23)30(32-26-12-5-4-11-25(26)31-27)22-14-13-19-7-2-3-8-20(19)15-22/h2-16,23,30-32H,17-18H2,1H3. The van der Waals surface area contributed by atoms with E-state index in [2.05, 4.69) is 71.3 Å². The first kappa shape index (κ1) is 20.5. The highest BCUT2D eigenvalue weighted by atomic mass is 16.5. The Labute approximate surface area is 199 Å². The lowest BCUT2D eigenvalue weighted by Gasteiger charge is -2.30. The van der Waals surface area contributed by atoms with E-state index in [1.807, 2.05) is 30.3 Å². The van der Waals surface area contributed by atoms with Crippen LogP contribution in [0, 0.1) is 0 Å². The highest BCUT2D eigenvalue weighted by molar-refractivity contribution is 6.01. The number of allylic oxidation sites excluding steroid dienone is 1. The molecule has 4 heteroatoms. The zero-order valence-electron chi connectivity index (χ0n) is 19.0. The van der Waals surface area contributed by atoms with Crippen molar-refractivity contribution in [2.24, 2.45) is 0 Å². The number of anilines is 2. The van der Waals surface area contributed by atoms with Crippen LogP contribution in [0.25, 0.3) is 10.8 Å². The molecule has 0 amide bonds. The fourth-order valence-electron chi connectivity index (χ4n) is 5.26. The fourth-order valence-corrected chi connectivity index (χ4v) is 5.26. The van der Waals surface area contributed by atoms with Crippen LogP contribution in [0.5, 0.6) is 5.75 Å². The number of nitrogens with one attached hydrogen (secondary N) is 2. The van der Waals surface area contributed by atoms with Crippen LogP contribution in [0.2, 0.25) is 0 Å². The molecule has 2 atom stereocenters. The van der Waals surface area contributed by atoms with Crippen LogP contribution in [0.1, 0.15) is 35.9 Å². The molecule has 1 aliphatic heterocycles. The highest BCUT2D eigenvalue weighted by Gasteiger charge is 2.36. The molecule has 6 rings (SSSR count). The third kappa shape index (κ3) is 3.61. The van der Waals surface area contributed by atoms with Crippen molar-refractivity contribution in [3.63, 3.8) is 0 Å². The van der Waals surface area contributed by atoms with Crippen molar-refractivity contribution in [2.75, 3.05) is 17.7 Å². The number of carbonyl (C=O) groups excluding carboxylic acids is 1. The van der Waals surface area contributed by atoms with Crippen molar-refractivity contribution < 1.29 is 9.53 Å². The van der Waals surface area contributed by atoms with Gasteiger partial charge in [0, 0.05) is 17.7 Å². The first-order chi connectivity index (χ1) is 16.7. The summed E-state index contributed by atoms with van der Waals surface area (Å²) in [4.78, 5) is 13.7. The van der Waals surface area contributed by atoms with Crippen LogP contribution < -0.4 is 15.4 Å². The van der Waals surface area contributed by atoms with E-state index in [9.17, 15) is 4.79 Å². The first-order valence-corrected chi connectivity index (χ1v) is 11.7. The number of fused-ring (bicyclic) bond motifs is 2. The molecule has 4 aromatic carbocycles. The van der Waals surface area contributed by atoms with E-state index in [0.29, 0.717) is 6.42 Å². The average Bonchev–Trinajstić information content (AvgIpc) is 3.05. The number of Topliss-reactive ketones (excluding diaryl/α,β-unsaturated/α-hetero) is 1. The van der Waals surface area contributed by atoms with Crippen molar-refractivity contribution in [3.05, 3.63) is 113 Å². The smallest absolute Gasteiger partial charge is 0.163 e. The predicted molar refractivity (Wildman–Crippen MR) is 137 cm³/mol. The molecule has 0 bridgehead atoms. The van der Waals surface area contributed by atoms with Gasteiger partial charge in [0.25, 0.3) is 0 Å². The van der Waals surface area contributed by atoms with E-state index in [0.717, 1.165) is 45.9 Å². The maximum absolute atomic E-state index is 13.7. The molecule has 0 spiro atoms. The summed E-state index contributed by atoms with van der Waals surface area (Å²) in [6, 6.07) is 30.9. The maximum atomic E-state index is 13.7. The first-order valence-electron chi connectivity index (χ1n) is 11.7. The van der Waals surface area contributed by atoms with Gasteiger partial charge in [0.05, 0.1) is 24.5 Å². The summed E-state index contributed by atoms with van der Waals surface area (Å²) in [5.74, 6) is 1.11. The Bertz CT molecular complexity index is 1440. The second-order valence-electron chi connectivity index (χ2n) is 9.05. The van der Waals surface area contributed by atoms with Crippen molar-refractivity contribution in [2.45, 2.75) is 24.8 Å². The minimum Gasteiger partial charge on any atom is -0.497 e. The molecular weight excluding hydrogens is 420 g/mol. The van der Waals surface area contributed by atoms with Gasteiger partial charge in [-0.05, 0) is 64.6 Å². The molecule has 1 aliphatic carbocycles. The maximum Gasteiger partial charge on any atom is 0.163 e. The minimum absolute atomic E-state index is 0.108. The molecule has 4 aromatic rings. The molecule has 2 unspecified atom stereocenters. The van der Waals surface area contributed by atoms with Gasteiger partial charge >= 0.3 is 0 Å². The van der Waals surface area contributed by atoms with Crippen molar-refractivity contribution in [3.8, 4) is 5.75 Å². The summed E-state index contributed by atoms with van der Waals surface area (Å²) in [7, 11) is 1.68. The van der Waals surface area contributed by atoms with Gasteiger partial charge in [-0.15, -0.1) is 0 Å². The Balaban J connectivity index is 1.46. The van der Waals surface area contributed by atoms with Crippen molar-refractivity contribution in [1.29, 1.82) is 0 Å². The summed E-state index contributed by atoms with van der Waals surface area (Å²) in [5.41, 5.74) is 6.06. The SMILES string of the molecule is COc1cccc(C2CC(=O)C3=C(C2)Nc2ccccc2NC3c2ccc3ccccc3c2)c1. The lowest BCUT2D eigenvalue weighted by molar-refractivity contribution is -0.116. The van der Waals surface area contributed by atoms with Gasteiger partial charge in [0.1, 0.15) is 5.75 Å². The molecule has 4 nitrogen and oxygen atoms in total. The quantitative estimate of drug-likeness (QED) is 0.362. The molecular formula is C30H26N2O2. The number of carbonyl (C=O) groups is 1. The summed E-state index contributed by atoms with van der Waals surface area (Å²) >= 11 is 0. The Hall–Kier alpha value is -4.05. The Morgan fingerprint density at radius 3 is 2.41 bits per heavy atom. The number of benzene rings is 4. The molecule has 34 heavy (non-hydrogen) atoms. The van der Waals surface area contributed by atoms with Crippen LogP contribution >= 0.6 is 0 Å². The van der Waals surface area contributed by atoms with Gasteiger partial charge in [-0.1, -0.05) is 60.7 Å². The summed E-state index contributed by atoms with van der Waals surface area (Å²) < 4.78 is 5.43. The normalized spacial score (nSPS) is 19.5. The monoisotopic (exact) mass is 446 g/mol. The second kappa shape index (κ2) is 8.38. The number of rotatable bonds is 3. The molecule has 0 saturated heterocycles. The van der Waals surface area contributed by atoms with Gasteiger partial charge in [-0.3, -0.25) is 4.79 Å². The topological polar surface area (TPSA) is 50.4 Å². The third-order valence-corrected chi connectivity index (χ3v) is 6.98. The van der Waals surface area contributed by atoms with E-state index in [1.54, 1.807) is 7.11 Å². The molecule has 2 N–H and O–H groups in total. The Morgan fingerprint density at radius 1 is 0.765 bits per heavy atom. The van der Waals surface area contributed by atoms with E-state index >= 15 is 0 Å². The average molecular weight is 447 g/mol. The number of ether oxygens (including phenoxy) is 1. The van der Waals surface area contributed by atoms with E-state index in [-0.39, 0.29) is 17.7 Å². The predicted octanol–water partition coefficient (Wildman–Crippen LogP) is 6.83. The molecule has 0 fully saturated rings. The second-order valence-corrected chi connectivity index (χ2v) is 9.05. The van der Waals surface area contributed by atoms with Crippen LogP contribution in [-0.4, -0.2) is 12.9 Å². The Morgan fingerprint density at radius 2 is 1.56 bits per heavy atom. The zero-order valence-corrected chi connectivity index (χ0v) is 19.0. The summed E-state index contributed by atoms with van der Waals surface area (Å²) in [5, 5.41) is 9.67. The van der Waals surface area contributed by atoms with Crippen molar-refractivity contribution >= 4 is 27.9 Å². The van der Waals surface area contributed by atoms with E-state index in [1.165, 1.54) is 10.8 Å². The number of ketones is 1. The lowest BCUT2D eigenvalue weighted by atomic mass is 9.78. The van der Waals surface area contributed by atoms with Gasteiger partial charge in [0.15, 0.2) is 5.78 Å². The molecule has 0 saturated carbocycles. The molecule has 0 radical (unpaired) electrons. The zero-order chi connectivity index (χ0) is 23.1. The molecule has 1 heterocycles. The van der Waals surface area contributed by atoms with Gasteiger partial charge in [-0.25, -0.2) is 0 Å². The van der Waals surface area contributed by atoms with Crippen LogP contribution in [0.15, 0.2) is 102 Å². The lowest BCUT2D eigenvalue weighted by Crippen LogP contribution is -2.26.